The highest BCUT2D eigenvalue weighted by atomic mass is 15.1. The number of fused-ring (bicyclic) bond motifs is 5. The predicted octanol–water partition coefficient (Wildman–Crippen LogP) is 14.3. The molecule has 2 nitrogen and oxygen atoms in total. The summed E-state index contributed by atoms with van der Waals surface area (Å²) in [5.74, 6) is 0.933. The van der Waals surface area contributed by atoms with E-state index in [0.29, 0.717) is 0 Å². The Bertz CT molecular complexity index is 3180. The summed E-state index contributed by atoms with van der Waals surface area (Å²) in [4.78, 5) is 5.12. The van der Waals surface area contributed by atoms with E-state index in [1.54, 1.807) is 0 Å². The van der Waals surface area contributed by atoms with Crippen LogP contribution in [0.25, 0.3) is 105 Å². The van der Waals surface area contributed by atoms with Crippen molar-refractivity contribution in [2.45, 2.75) is 0 Å². The highest BCUT2D eigenvalue weighted by Gasteiger charge is 2.21. The van der Waals surface area contributed by atoms with Crippen molar-refractivity contribution in [2.75, 3.05) is 0 Å². The maximum Gasteiger partial charge on any atom is 0.145 e. The average Bonchev–Trinajstić information content (AvgIpc) is 3.65. The quantitative estimate of drug-likeness (QED) is 0.164. The van der Waals surface area contributed by atoms with E-state index in [4.69, 9.17) is 4.98 Å². The molecule has 10 aromatic carbocycles. The molecule has 0 aliphatic heterocycles. The first kappa shape index (κ1) is 31.3. The van der Waals surface area contributed by atoms with Crippen LogP contribution in [0.3, 0.4) is 0 Å². The van der Waals surface area contributed by atoms with E-state index >= 15 is 0 Å². The Hall–Kier alpha value is -7.29. The van der Waals surface area contributed by atoms with Gasteiger partial charge in [0.25, 0.3) is 0 Å². The number of para-hydroxylation sites is 3. The third kappa shape index (κ3) is 5.07. The molecule has 11 aromatic rings. The maximum atomic E-state index is 5.12. The minimum absolute atomic E-state index is 0.933. The van der Waals surface area contributed by atoms with Crippen LogP contribution >= 0.6 is 0 Å². The topological polar surface area (TPSA) is 17.8 Å². The van der Waals surface area contributed by atoms with E-state index in [2.05, 4.69) is 211 Å². The highest BCUT2D eigenvalue weighted by Crippen LogP contribution is 2.48. The van der Waals surface area contributed by atoms with Crippen molar-refractivity contribution >= 4 is 54.1 Å². The SMILES string of the molecule is c1ccc(-c2c3ccccc3c(-c3c4ccccc4cc4ccccc34)c3ccc(-c4ccc(-c5nc6ccccc6n5-c5ccccc5)cc4)cc23)cc1. The molecule has 0 atom stereocenters. The van der Waals surface area contributed by atoms with Gasteiger partial charge >= 0.3 is 0 Å². The molecule has 0 fully saturated rings. The second-order valence-corrected chi connectivity index (χ2v) is 14.3. The monoisotopic (exact) mass is 698 g/mol. The first-order valence-electron chi connectivity index (χ1n) is 18.9. The molecule has 0 bridgehead atoms. The number of rotatable bonds is 5. The van der Waals surface area contributed by atoms with Crippen LogP contribution in [0.2, 0.25) is 0 Å². The molecular formula is C53H34N2. The van der Waals surface area contributed by atoms with Crippen LogP contribution in [0.1, 0.15) is 0 Å². The first-order chi connectivity index (χ1) is 27.3. The van der Waals surface area contributed by atoms with Gasteiger partial charge < -0.3 is 0 Å². The summed E-state index contributed by atoms with van der Waals surface area (Å²) in [6, 6.07) is 74.7. The zero-order valence-electron chi connectivity index (χ0n) is 30.0. The third-order valence-corrected chi connectivity index (χ3v) is 11.2. The van der Waals surface area contributed by atoms with Crippen LogP contribution in [0.5, 0.6) is 0 Å². The highest BCUT2D eigenvalue weighted by molar-refractivity contribution is 6.27. The summed E-state index contributed by atoms with van der Waals surface area (Å²) in [5.41, 5.74) is 11.6. The van der Waals surface area contributed by atoms with E-state index in [9.17, 15) is 0 Å². The summed E-state index contributed by atoms with van der Waals surface area (Å²) < 4.78 is 2.26. The Kier molecular flexibility index (Phi) is 7.21. The summed E-state index contributed by atoms with van der Waals surface area (Å²) in [6.45, 7) is 0. The predicted molar refractivity (Wildman–Crippen MR) is 233 cm³/mol. The van der Waals surface area contributed by atoms with Crippen LogP contribution in [0.4, 0.5) is 0 Å². The number of imidazole rings is 1. The van der Waals surface area contributed by atoms with Gasteiger partial charge in [-0.2, -0.15) is 0 Å². The minimum atomic E-state index is 0.933. The molecule has 0 spiro atoms. The second-order valence-electron chi connectivity index (χ2n) is 14.3. The van der Waals surface area contributed by atoms with Crippen molar-refractivity contribution in [3.05, 3.63) is 206 Å². The Morgan fingerprint density at radius 3 is 1.53 bits per heavy atom. The fourth-order valence-electron chi connectivity index (χ4n) is 8.70. The fourth-order valence-corrected chi connectivity index (χ4v) is 8.70. The fraction of sp³-hybridized carbons (Fsp3) is 0. The molecular weight excluding hydrogens is 665 g/mol. The van der Waals surface area contributed by atoms with Gasteiger partial charge in [-0.15, -0.1) is 0 Å². The van der Waals surface area contributed by atoms with E-state index in [1.165, 1.54) is 70.9 Å². The molecule has 0 aliphatic rings. The van der Waals surface area contributed by atoms with Crippen LogP contribution in [-0.2, 0) is 0 Å². The number of hydrogen-bond acceptors (Lipinski definition) is 1. The van der Waals surface area contributed by atoms with Crippen molar-refractivity contribution < 1.29 is 0 Å². The lowest BCUT2D eigenvalue weighted by Crippen LogP contribution is -1.97. The smallest absolute Gasteiger partial charge is 0.145 e. The van der Waals surface area contributed by atoms with Crippen LogP contribution in [0.15, 0.2) is 206 Å². The summed E-state index contributed by atoms with van der Waals surface area (Å²) in [5, 5.41) is 10.0. The zero-order chi connectivity index (χ0) is 36.3. The van der Waals surface area contributed by atoms with Crippen molar-refractivity contribution in [3.63, 3.8) is 0 Å². The third-order valence-electron chi connectivity index (χ3n) is 11.2. The van der Waals surface area contributed by atoms with Gasteiger partial charge in [-0.3, -0.25) is 4.57 Å². The lowest BCUT2D eigenvalue weighted by atomic mass is 9.82. The van der Waals surface area contributed by atoms with Gasteiger partial charge in [0.2, 0.25) is 0 Å². The molecule has 1 aromatic heterocycles. The molecule has 0 aliphatic carbocycles. The second kappa shape index (κ2) is 12.7. The Morgan fingerprint density at radius 2 is 0.818 bits per heavy atom. The van der Waals surface area contributed by atoms with E-state index < -0.39 is 0 Å². The van der Waals surface area contributed by atoms with E-state index in [-0.39, 0.29) is 0 Å². The lowest BCUT2D eigenvalue weighted by molar-refractivity contribution is 1.10. The van der Waals surface area contributed by atoms with E-state index in [0.717, 1.165) is 33.7 Å². The largest absolute Gasteiger partial charge is 0.292 e. The molecule has 0 radical (unpaired) electrons. The van der Waals surface area contributed by atoms with Crippen LogP contribution in [0, 0.1) is 0 Å². The summed E-state index contributed by atoms with van der Waals surface area (Å²) in [6.07, 6.45) is 0. The molecule has 0 saturated carbocycles. The molecule has 0 amide bonds. The number of benzene rings is 10. The van der Waals surface area contributed by atoms with Crippen molar-refractivity contribution in [2.24, 2.45) is 0 Å². The summed E-state index contributed by atoms with van der Waals surface area (Å²) in [7, 11) is 0. The van der Waals surface area contributed by atoms with Gasteiger partial charge in [-0.25, -0.2) is 4.98 Å². The molecule has 1 heterocycles. The normalized spacial score (nSPS) is 11.6. The molecule has 11 rings (SSSR count). The molecule has 0 saturated heterocycles. The van der Waals surface area contributed by atoms with Gasteiger partial charge in [0.1, 0.15) is 5.82 Å². The molecule has 256 valence electrons. The van der Waals surface area contributed by atoms with Gasteiger partial charge in [0.15, 0.2) is 0 Å². The minimum Gasteiger partial charge on any atom is -0.292 e. The maximum absolute atomic E-state index is 5.12. The van der Waals surface area contributed by atoms with Crippen LogP contribution in [-0.4, -0.2) is 9.55 Å². The van der Waals surface area contributed by atoms with Gasteiger partial charge in [0.05, 0.1) is 11.0 Å². The van der Waals surface area contributed by atoms with E-state index in [1.807, 2.05) is 0 Å². The number of nitrogens with zero attached hydrogens (tertiary/aromatic N) is 2. The van der Waals surface area contributed by atoms with Gasteiger partial charge in [-0.1, -0.05) is 170 Å². The van der Waals surface area contributed by atoms with Crippen molar-refractivity contribution in [1.29, 1.82) is 0 Å². The van der Waals surface area contributed by atoms with Gasteiger partial charge in [0, 0.05) is 11.3 Å². The summed E-state index contributed by atoms with van der Waals surface area (Å²) >= 11 is 0. The lowest BCUT2D eigenvalue weighted by Gasteiger charge is -2.21. The molecule has 0 unspecified atom stereocenters. The van der Waals surface area contributed by atoms with Crippen LogP contribution < -0.4 is 0 Å². The van der Waals surface area contributed by atoms with Gasteiger partial charge in [-0.05, 0) is 113 Å². The van der Waals surface area contributed by atoms with Crippen molar-refractivity contribution in [1.82, 2.24) is 9.55 Å². The first-order valence-corrected chi connectivity index (χ1v) is 18.9. The number of hydrogen-bond donors (Lipinski definition) is 0. The standard InChI is InChI=1S/C53H34N2/c1-3-15-36(16-4-1)50-44-23-11-12-24-45(44)52(51-42-21-9-7-17-39(42)33-40-18-8-10-22-43(40)51)46-32-31-38(34-47(46)50)35-27-29-37(30-28-35)53-54-48-25-13-14-26-49(48)55(53)41-19-5-2-6-20-41/h1-34H. The Morgan fingerprint density at radius 1 is 0.309 bits per heavy atom. The molecule has 55 heavy (non-hydrogen) atoms. The Labute approximate surface area is 319 Å². The zero-order valence-corrected chi connectivity index (χ0v) is 30.0. The molecule has 0 N–H and O–H groups in total. The van der Waals surface area contributed by atoms with Crippen molar-refractivity contribution in [3.8, 4) is 50.5 Å². The average molecular weight is 699 g/mol. The number of aromatic nitrogens is 2. The Balaban J connectivity index is 1.16. The molecule has 2 heteroatoms.